The topological polar surface area (TPSA) is 28.2 Å². The molecule has 0 aliphatic carbocycles. The van der Waals surface area contributed by atoms with Crippen LogP contribution in [0.2, 0.25) is 0 Å². The zero-order valence-corrected chi connectivity index (χ0v) is 15.8. The SMILES string of the molecule is Cc1cccc(C(c2ccc3ncccc3c2)N2CC(C)NCC2C)c1. The highest BCUT2D eigenvalue weighted by atomic mass is 15.2. The van der Waals surface area contributed by atoms with Gasteiger partial charge in [0.1, 0.15) is 0 Å². The Morgan fingerprint density at radius 3 is 2.73 bits per heavy atom. The molecule has 3 atom stereocenters. The fourth-order valence-electron chi connectivity index (χ4n) is 4.09. The molecule has 0 radical (unpaired) electrons. The lowest BCUT2D eigenvalue weighted by Crippen LogP contribution is -2.55. The first-order chi connectivity index (χ1) is 12.6. The third-order valence-corrected chi connectivity index (χ3v) is 5.44. The minimum atomic E-state index is 0.263. The average Bonchev–Trinajstić information content (AvgIpc) is 2.65. The van der Waals surface area contributed by atoms with Crippen LogP contribution >= 0.6 is 0 Å². The molecule has 0 saturated carbocycles. The molecule has 2 aromatic carbocycles. The van der Waals surface area contributed by atoms with Crippen molar-refractivity contribution in [2.24, 2.45) is 0 Å². The third-order valence-electron chi connectivity index (χ3n) is 5.44. The maximum Gasteiger partial charge on any atom is 0.0702 e. The lowest BCUT2D eigenvalue weighted by molar-refractivity contribution is 0.113. The normalized spacial score (nSPS) is 22.4. The van der Waals surface area contributed by atoms with Crippen molar-refractivity contribution < 1.29 is 0 Å². The molecule has 1 saturated heterocycles. The molecule has 1 aliphatic heterocycles. The van der Waals surface area contributed by atoms with Crippen LogP contribution in [0.4, 0.5) is 0 Å². The van der Waals surface area contributed by atoms with Gasteiger partial charge >= 0.3 is 0 Å². The van der Waals surface area contributed by atoms with Crippen LogP contribution in [0.5, 0.6) is 0 Å². The first-order valence-corrected chi connectivity index (χ1v) is 9.52. The zero-order valence-electron chi connectivity index (χ0n) is 15.8. The van der Waals surface area contributed by atoms with E-state index >= 15 is 0 Å². The molecule has 3 heteroatoms. The van der Waals surface area contributed by atoms with Crippen molar-refractivity contribution in [1.82, 2.24) is 15.2 Å². The van der Waals surface area contributed by atoms with Gasteiger partial charge in [-0.05, 0) is 50.1 Å². The second kappa shape index (κ2) is 7.18. The maximum atomic E-state index is 4.48. The summed E-state index contributed by atoms with van der Waals surface area (Å²) in [7, 11) is 0. The summed E-state index contributed by atoms with van der Waals surface area (Å²) < 4.78 is 0. The summed E-state index contributed by atoms with van der Waals surface area (Å²) in [5.74, 6) is 0. The highest BCUT2D eigenvalue weighted by Crippen LogP contribution is 2.33. The monoisotopic (exact) mass is 345 g/mol. The van der Waals surface area contributed by atoms with E-state index in [0.29, 0.717) is 12.1 Å². The van der Waals surface area contributed by atoms with Crippen LogP contribution in [-0.4, -0.2) is 35.1 Å². The van der Waals surface area contributed by atoms with Crippen molar-refractivity contribution in [3.8, 4) is 0 Å². The van der Waals surface area contributed by atoms with E-state index in [1.807, 2.05) is 12.3 Å². The first-order valence-electron chi connectivity index (χ1n) is 9.52. The number of rotatable bonds is 3. The molecular formula is C23H27N3. The number of pyridine rings is 1. The van der Waals surface area contributed by atoms with Gasteiger partial charge < -0.3 is 5.32 Å². The molecule has 4 rings (SSSR count). The van der Waals surface area contributed by atoms with E-state index in [1.165, 1.54) is 22.1 Å². The smallest absolute Gasteiger partial charge is 0.0702 e. The van der Waals surface area contributed by atoms with Crippen LogP contribution in [0, 0.1) is 6.92 Å². The fourth-order valence-corrected chi connectivity index (χ4v) is 4.09. The quantitative estimate of drug-likeness (QED) is 0.766. The van der Waals surface area contributed by atoms with E-state index in [9.17, 15) is 0 Å². The number of aryl methyl sites for hydroxylation is 1. The number of benzene rings is 2. The number of piperazine rings is 1. The number of hydrogen-bond donors (Lipinski definition) is 1. The molecule has 0 amide bonds. The standard InChI is InChI=1S/C23H27N3/c1-16-6-4-7-20(12-16)23(26-15-17(2)25-14-18(26)3)21-9-10-22-19(13-21)8-5-11-24-22/h4-13,17-18,23,25H,14-15H2,1-3H3. The Balaban J connectivity index is 1.83. The summed E-state index contributed by atoms with van der Waals surface area (Å²) in [4.78, 5) is 7.13. The number of aromatic nitrogens is 1. The summed E-state index contributed by atoms with van der Waals surface area (Å²) in [6.07, 6.45) is 1.86. The van der Waals surface area contributed by atoms with Gasteiger partial charge in [-0.25, -0.2) is 0 Å². The predicted octanol–water partition coefficient (Wildman–Crippen LogP) is 4.31. The van der Waals surface area contributed by atoms with Crippen molar-refractivity contribution in [1.29, 1.82) is 0 Å². The molecule has 0 bridgehead atoms. The van der Waals surface area contributed by atoms with Crippen molar-refractivity contribution in [2.75, 3.05) is 13.1 Å². The van der Waals surface area contributed by atoms with Gasteiger partial charge in [-0.3, -0.25) is 9.88 Å². The van der Waals surface area contributed by atoms with Gasteiger partial charge in [-0.15, -0.1) is 0 Å². The van der Waals surface area contributed by atoms with Crippen molar-refractivity contribution >= 4 is 10.9 Å². The molecule has 2 heterocycles. The van der Waals surface area contributed by atoms with Crippen LogP contribution in [-0.2, 0) is 0 Å². The van der Waals surface area contributed by atoms with Gasteiger partial charge in [0.2, 0.25) is 0 Å². The van der Waals surface area contributed by atoms with E-state index < -0.39 is 0 Å². The summed E-state index contributed by atoms with van der Waals surface area (Å²) in [6.45, 7) is 8.85. The maximum absolute atomic E-state index is 4.48. The zero-order chi connectivity index (χ0) is 18.1. The van der Waals surface area contributed by atoms with Crippen molar-refractivity contribution in [2.45, 2.75) is 38.9 Å². The predicted molar refractivity (Wildman–Crippen MR) is 108 cm³/mol. The fraction of sp³-hybridized carbons (Fsp3) is 0.348. The number of hydrogen-bond acceptors (Lipinski definition) is 3. The largest absolute Gasteiger partial charge is 0.311 e. The molecule has 0 spiro atoms. The van der Waals surface area contributed by atoms with Gasteiger partial charge in [-0.2, -0.15) is 0 Å². The Bertz CT molecular complexity index is 905. The van der Waals surface area contributed by atoms with Gasteiger partial charge in [0.25, 0.3) is 0 Å². The summed E-state index contributed by atoms with van der Waals surface area (Å²) >= 11 is 0. The molecule has 1 aliphatic rings. The van der Waals surface area contributed by atoms with Gasteiger partial charge in [0.15, 0.2) is 0 Å². The van der Waals surface area contributed by atoms with E-state index in [0.717, 1.165) is 18.6 Å². The van der Waals surface area contributed by atoms with Crippen molar-refractivity contribution in [3.63, 3.8) is 0 Å². The Morgan fingerprint density at radius 2 is 1.88 bits per heavy atom. The Morgan fingerprint density at radius 1 is 1.04 bits per heavy atom. The number of nitrogens with zero attached hydrogens (tertiary/aromatic N) is 2. The molecule has 3 nitrogen and oxygen atoms in total. The van der Waals surface area contributed by atoms with Crippen LogP contribution in [0.15, 0.2) is 60.8 Å². The lowest BCUT2D eigenvalue weighted by atomic mass is 9.92. The molecular weight excluding hydrogens is 318 g/mol. The van der Waals surface area contributed by atoms with Gasteiger partial charge in [0.05, 0.1) is 11.6 Å². The minimum absolute atomic E-state index is 0.263. The Hall–Kier alpha value is -2.23. The highest BCUT2D eigenvalue weighted by Gasteiger charge is 2.31. The van der Waals surface area contributed by atoms with Crippen LogP contribution in [0.3, 0.4) is 0 Å². The Labute approximate surface area is 156 Å². The van der Waals surface area contributed by atoms with E-state index in [4.69, 9.17) is 0 Å². The third kappa shape index (κ3) is 3.37. The summed E-state index contributed by atoms with van der Waals surface area (Å²) in [5, 5.41) is 4.82. The molecule has 1 N–H and O–H groups in total. The van der Waals surface area contributed by atoms with Gasteiger partial charge in [-0.1, -0.05) is 42.0 Å². The van der Waals surface area contributed by atoms with Crippen LogP contribution in [0.25, 0.3) is 10.9 Å². The van der Waals surface area contributed by atoms with E-state index in [1.54, 1.807) is 0 Å². The molecule has 3 aromatic rings. The van der Waals surface area contributed by atoms with Gasteiger partial charge in [0, 0.05) is 36.8 Å². The number of nitrogens with one attached hydrogen (secondary N) is 1. The lowest BCUT2D eigenvalue weighted by Gasteiger charge is -2.43. The summed E-state index contributed by atoms with van der Waals surface area (Å²) in [5.41, 5.74) is 5.08. The second-order valence-electron chi connectivity index (χ2n) is 7.63. The highest BCUT2D eigenvalue weighted by molar-refractivity contribution is 5.79. The molecule has 1 fully saturated rings. The minimum Gasteiger partial charge on any atom is -0.311 e. The average molecular weight is 345 g/mol. The molecule has 1 aromatic heterocycles. The molecule has 134 valence electrons. The molecule has 3 unspecified atom stereocenters. The van der Waals surface area contributed by atoms with E-state index in [2.05, 4.69) is 84.5 Å². The van der Waals surface area contributed by atoms with Crippen molar-refractivity contribution in [3.05, 3.63) is 77.5 Å². The second-order valence-corrected chi connectivity index (χ2v) is 7.63. The van der Waals surface area contributed by atoms with E-state index in [-0.39, 0.29) is 6.04 Å². The van der Waals surface area contributed by atoms with Crippen LogP contribution < -0.4 is 5.32 Å². The Kier molecular flexibility index (Phi) is 4.75. The number of fused-ring (bicyclic) bond motifs is 1. The van der Waals surface area contributed by atoms with Crippen LogP contribution in [0.1, 0.15) is 36.6 Å². The molecule has 26 heavy (non-hydrogen) atoms. The first kappa shape index (κ1) is 17.2. The summed E-state index contributed by atoms with van der Waals surface area (Å²) in [6, 6.07) is 21.1.